The summed E-state index contributed by atoms with van der Waals surface area (Å²) in [4.78, 5) is 0. The summed E-state index contributed by atoms with van der Waals surface area (Å²) in [7, 11) is 1.51. The molecule has 0 unspecified atom stereocenters. The summed E-state index contributed by atoms with van der Waals surface area (Å²) in [5.41, 5.74) is 1.47. The van der Waals surface area contributed by atoms with Gasteiger partial charge in [-0.2, -0.15) is 5.10 Å². The molecular weight excluding hydrogens is 171 g/mol. The van der Waals surface area contributed by atoms with Crippen molar-refractivity contribution in [3.05, 3.63) is 23.6 Å². The molecule has 68 valence electrons. The van der Waals surface area contributed by atoms with Crippen LogP contribution in [0.4, 0.5) is 4.39 Å². The molecule has 0 atom stereocenters. The van der Waals surface area contributed by atoms with Gasteiger partial charge in [0.25, 0.3) is 0 Å². The van der Waals surface area contributed by atoms with Gasteiger partial charge in [-0.1, -0.05) is 0 Å². The first-order valence-corrected chi connectivity index (χ1v) is 3.90. The smallest absolute Gasteiger partial charge is 0.133 e. The monoisotopic (exact) mass is 180 g/mol. The van der Waals surface area contributed by atoms with E-state index in [-0.39, 0.29) is 5.82 Å². The molecule has 1 aromatic carbocycles. The highest BCUT2D eigenvalue weighted by Gasteiger charge is 2.09. The molecule has 1 N–H and O–H groups in total. The van der Waals surface area contributed by atoms with Gasteiger partial charge >= 0.3 is 0 Å². The summed E-state index contributed by atoms with van der Waals surface area (Å²) < 4.78 is 18.0. The Morgan fingerprint density at radius 1 is 1.46 bits per heavy atom. The Kier molecular flexibility index (Phi) is 1.69. The van der Waals surface area contributed by atoms with Gasteiger partial charge in [-0.05, 0) is 6.92 Å². The Balaban J connectivity index is 2.85. The second kappa shape index (κ2) is 2.73. The predicted octanol–water partition coefficient (Wildman–Crippen LogP) is 2.02. The van der Waals surface area contributed by atoms with E-state index < -0.39 is 0 Å². The molecule has 0 aliphatic rings. The summed E-state index contributed by atoms with van der Waals surface area (Å²) in [6.07, 6.45) is 0. The normalized spacial score (nSPS) is 10.7. The van der Waals surface area contributed by atoms with E-state index >= 15 is 0 Å². The van der Waals surface area contributed by atoms with Crippen LogP contribution in [0.15, 0.2) is 12.1 Å². The summed E-state index contributed by atoms with van der Waals surface area (Å²) in [6, 6.07) is 2.73. The third kappa shape index (κ3) is 1.14. The first-order chi connectivity index (χ1) is 6.22. The van der Waals surface area contributed by atoms with Crippen LogP contribution in [0, 0.1) is 12.7 Å². The van der Waals surface area contributed by atoms with Crippen LogP contribution in [0.2, 0.25) is 0 Å². The summed E-state index contributed by atoms with van der Waals surface area (Å²) in [5, 5.41) is 7.56. The van der Waals surface area contributed by atoms with Crippen molar-refractivity contribution >= 4 is 10.9 Å². The van der Waals surface area contributed by atoms with E-state index in [2.05, 4.69) is 10.2 Å². The molecule has 1 heterocycles. The summed E-state index contributed by atoms with van der Waals surface area (Å²) in [6.45, 7) is 1.87. The minimum absolute atomic E-state index is 0.337. The number of methoxy groups -OCH3 is 1. The predicted molar refractivity (Wildman–Crippen MR) is 47.3 cm³/mol. The lowest BCUT2D eigenvalue weighted by atomic mass is 10.2. The number of hydrogen-bond acceptors (Lipinski definition) is 2. The lowest BCUT2D eigenvalue weighted by molar-refractivity contribution is 0.416. The van der Waals surface area contributed by atoms with E-state index in [1.165, 1.54) is 19.2 Å². The number of rotatable bonds is 1. The van der Waals surface area contributed by atoms with Crippen LogP contribution in [-0.2, 0) is 0 Å². The first-order valence-electron chi connectivity index (χ1n) is 3.90. The van der Waals surface area contributed by atoms with Crippen LogP contribution in [0.3, 0.4) is 0 Å². The van der Waals surface area contributed by atoms with Crippen LogP contribution < -0.4 is 4.74 Å². The van der Waals surface area contributed by atoms with Crippen LogP contribution in [-0.4, -0.2) is 17.3 Å². The van der Waals surface area contributed by atoms with Crippen molar-refractivity contribution in [3.8, 4) is 5.75 Å². The molecule has 0 bridgehead atoms. The van der Waals surface area contributed by atoms with E-state index in [1.807, 2.05) is 6.92 Å². The average Bonchev–Trinajstić information content (AvgIpc) is 2.46. The highest BCUT2D eigenvalue weighted by Crippen LogP contribution is 2.27. The Bertz CT molecular complexity index is 450. The molecule has 1 aromatic heterocycles. The molecule has 0 amide bonds. The number of fused-ring (bicyclic) bond motifs is 1. The Morgan fingerprint density at radius 2 is 2.23 bits per heavy atom. The van der Waals surface area contributed by atoms with E-state index in [0.29, 0.717) is 11.3 Å². The maximum atomic E-state index is 13.0. The number of benzene rings is 1. The van der Waals surface area contributed by atoms with Gasteiger partial charge in [0, 0.05) is 17.8 Å². The molecule has 0 aliphatic heterocycles. The molecule has 3 nitrogen and oxygen atoms in total. The minimum Gasteiger partial charge on any atom is -0.496 e. The third-order valence-electron chi connectivity index (χ3n) is 1.99. The number of nitrogens with one attached hydrogen (secondary N) is 1. The Hall–Kier alpha value is -1.58. The van der Waals surface area contributed by atoms with Gasteiger partial charge in [-0.15, -0.1) is 0 Å². The van der Waals surface area contributed by atoms with Gasteiger partial charge in [0.1, 0.15) is 11.6 Å². The molecule has 2 rings (SSSR count). The fourth-order valence-corrected chi connectivity index (χ4v) is 1.39. The first kappa shape index (κ1) is 8.04. The molecule has 13 heavy (non-hydrogen) atoms. The Labute approximate surface area is 74.5 Å². The van der Waals surface area contributed by atoms with Crippen LogP contribution in [0.5, 0.6) is 5.75 Å². The van der Waals surface area contributed by atoms with Gasteiger partial charge in [0.05, 0.1) is 18.0 Å². The SMILES string of the molecule is COc1cc(F)cc2n[nH]c(C)c12. The summed E-state index contributed by atoms with van der Waals surface area (Å²) in [5.74, 6) is 0.178. The summed E-state index contributed by atoms with van der Waals surface area (Å²) >= 11 is 0. The fraction of sp³-hybridized carbons (Fsp3) is 0.222. The molecule has 2 aromatic rings. The van der Waals surface area contributed by atoms with Crippen molar-refractivity contribution in [2.45, 2.75) is 6.92 Å². The highest BCUT2D eigenvalue weighted by atomic mass is 19.1. The second-order valence-electron chi connectivity index (χ2n) is 2.85. The van der Waals surface area contributed by atoms with Crippen molar-refractivity contribution < 1.29 is 9.13 Å². The van der Waals surface area contributed by atoms with Crippen molar-refractivity contribution in [2.24, 2.45) is 0 Å². The van der Waals surface area contributed by atoms with E-state index in [9.17, 15) is 4.39 Å². The average molecular weight is 180 g/mol. The van der Waals surface area contributed by atoms with Crippen LogP contribution in [0.25, 0.3) is 10.9 Å². The van der Waals surface area contributed by atoms with Crippen molar-refractivity contribution in [1.29, 1.82) is 0 Å². The molecule has 0 saturated carbocycles. The van der Waals surface area contributed by atoms with E-state index in [0.717, 1.165) is 11.1 Å². The number of nitrogens with zero attached hydrogens (tertiary/aromatic N) is 1. The zero-order chi connectivity index (χ0) is 9.42. The number of aromatic amines is 1. The van der Waals surface area contributed by atoms with Gasteiger partial charge < -0.3 is 4.74 Å². The van der Waals surface area contributed by atoms with Crippen LogP contribution in [0.1, 0.15) is 5.69 Å². The zero-order valence-electron chi connectivity index (χ0n) is 7.39. The lowest BCUT2D eigenvalue weighted by Gasteiger charge is -2.01. The zero-order valence-corrected chi connectivity index (χ0v) is 7.39. The topological polar surface area (TPSA) is 37.9 Å². The number of aryl methyl sites for hydroxylation is 1. The Morgan fingerprint density at radius 3 is 2.92 bits per heavy atom. The number of ether oxygens (including phenoxy) is 1. The van der Waals surface area contributed by atoms with Crippen molar-refractivity contribution in [3.63, 3.8) is 0 Å². The second-order valence-corrected chi connectivity index (χ2v) is 2.85. The number of H-pyrrole nitrogens is 1. The quantitative estimate of drug-likeness (QED) is 0.729. The number of hydrogen-bond donors (Lipinski definition) is 1. The molecule has 0 fully saturated rings. The van der Waals surface area contributed by atoms with Gasteiger partial charge in [0.15, 0.2) is 0 Å². The number of halogens is 1. The van der Waals surface area contributed by atoms with Crippen molar-refractivity contribution in [1.82, 2.24) is 10.2 Å². The van der Waals surface area contributed by atoms with E-state index in [1.54, 1.807) is 0 Å². The number of aromatic nitrogens is 2. The van der Waals surface area contributed by atoms with Crippen LogP contribution >= 0.6 is 0 Å². The molecular formula is C9H9FN2O. The largest absolute Gasteiger partial charge is 0.496 e. The van der Waals surface area contributed by atoms with Gasteiger partial charge in [-0.3, -0.25) is 5.10 Å². The van der Waals surface area contributed by atoms with E-state index in [4.69, 9.17) is 4.74 Å². The maximum Gasteiger partial charge on any atom is 0.133 e. The lowest BCUT2D eigenvalue weighted by Crippen LogP contribution is -1.86. The van der Waals surface area contributed by atoms with Crippen molar-refractivity contribution in [2.75, 3.05) is 7.11 Å². The molecule has 0 aliphatic carbocycles. The highest BCUT2D eigenvalue weighted by molar-refractivity contribution is 5.87. The third-order valence-corrected chi connectivity index (χ3v) is 1.99. The molecule has 0 radical (unpaired) electrons. The molecule has 4 heteroatoms. The molecule has 0 saturated heterocycles. The standard InChI is InChI=1S/C9H9FN2O/c1-5-9-7(12-11-5)3-6(10)4-8(9)13-2/h3-4H,1-2H3,(H,11,12). The maximum absolute atomic E-state index is 13.0. The minimum atomic E-state index is -0.337. The van der Waals surface area contributed by atoms with Gasteiger partial charge in [-0.25, -0.2) is 4.39 Å². The van der Waals surface area contributed by atoms with Gasteiger partial charge in [0.2, 0.25) is 0 Å². The fourth-order valence-electron chi connectivity index (χ4n) is 1.39. The molecule has 0 spiro atoms.